The summed E-state index contributed by atoms with van der Waals surface area (Å²) in [5.41, 5.74) is 7.83. The van der Waals surface area contributed by atoms with Crippen molar-refractivity contribution in [3.05, 3.63) is 44.4 Å². The minimum Gasteiger partial charge on any atom is -0.375 e. The number of anilines is 1. The number of aryl methyl sites for hydroxylation is 1. The molecule has 0 bridgehead atoms. The molecule has 90 valence electrons. The molecule has 2 rings (SSSR count). The quantitative estimate of drug-likeness (QED) is 0.919. The van der Waals surface area contributed by atoms with Crippen molar-refractivity contribution < 1.29 is 0 Å². The van der Waals surface area contributed by atoms with Gasteiger partial charge in [-0.3, -0.25) is 0 Å². The average Bonchev–Trinajstić information content (AvgIpc) is 2.63. The number of nitrogens with two attached hydrogens (primary N) is 1. The summed E-state index contributed by atoms with van der Waals surface area (Å²) in [4.78, 5) is 5.47. The Morgan fingerprint density at radius 1 is 1.35 bits per heavy atom. The van der Waals surface area contributed by atoms with E-state index in [1.165, 1.54) is 16.2 Å². The predicted molar refractivity (Wildman–Crippen MR) is 75.2 cm³/mol. The van der Waals surface area contributed by atoms with Crippen LogP contribution in [0.25, 0.3) is 0 Å². The van der Waals surface area contributed by atoms with Gasteiger partial charge < -0.3 is 5.73 Å². The van der Waals surface area contributed by atoms with E-state index in [0.29, 0.717) is 15.2 Å². The van der Waals surface area contributed by atoms with Crippen LogP contribution in [0.2, 0.25) is 10.0 Å². The van der Waals surface area contributed by atoms with E-state index in [1.807, 2.05) is 12.1 Å². The fraction of sp³-hybridized carbons (Fsp3) is 0.250. The Bertz CT molecular complexity index is 537. The average molecular weight is 287 g/mol. The van der Waals surface area contributed by atoms with Gasteiger partial charge in [-0.05, 0) is 24.1 Å². The second-order valence-electron chi connectivity index (χ2n) is 3.69. The number of hydrogen-bond acceptors (Lipinski definition) is 3. The molecule has 0 aliphatic heterocycles. The Morgan fingerprint density at radius 2 is 2.12 bits per heavy atom. The zero-order valence-electron chi connectivity index (χ0n) is 9.34. The third-order valence-corrected chi connectivity index (χ3v) is 4.01. The van der Waals surface area contributed by atoms with Crippen LogP contribution in [0.5, 0.6) is 0 Å². The molecule has 1 heterocycles. The number of nitrogen functional groups attached to an aromatic ring is 1. The van der Waals surface area contributed by atoms with Gasteiger partial charge in [0.2, 0.25) is 0 Å². The molecule has 17 heavy (non-hydrogen) atoms. The molecule has 0 atom stereocenters. The molecule has 1 aromatic carbocycles. The standard InChI is InChI=1S/C12H12Cl2N2S/c1-2-10-11(17-12(15)16-10)5-7-3-4-8(13)6-9(7)14/h3-4,6H,2,5H2,1H3,(H2,15,16). The molecule has 0 spiro atoms. The van der Waals surface area contributed by atoms with Crippen LogP contribution in [0.4, 0.5) is 5.13 Å². The molecule has 1 aromatic heterocycles. The van der Waals surface area contributed by atoms with Gasteiger partial charge in [0, 0.05) is 21.3 Å². The first-order valence-corrected chi connectivity index (χ1v) is 6.85. The zero-order chi connectivity index (χ0) is 12.4. The molecule has 0 aliphatic carbocycles. The van der Waals surface area contributed by atoms with Crippen LogP contribution >= 0.6 is 34.5 Å². The van der Waals surface area contributed by atoms with E-state index in [-0.39, 0.29) is 0 Å². The smallest absolute Gasteiger partial charge is 0.180 e. The van der Waals surface area contributed by atoms with Crippen molar-refractivity contribution in [3.8, 4) is 0 Å². The summed E-state index contributed by atoms with van der Waals surface area (Å²) in [5, 5.41) is 1.95. The van der Waals surface area contributed by atoms with Crippen LogP contribution in [-0.4, -0.2) is 4.98 Å². The fourth-order valence-corrected chi connectivity index (χ4v) is 3.07. The van der Waals surface area contributed by atoms with Crippen molar-refractivity contribution in [2.24, 2.45) is 0 Å². The molecule has 0 saturated carbocycles. The number of aromatic nitrogens is 1. The van der Waals surface area contributed by atoms with Crippen LogP contribution in [0.15, 0.2) is 18.2 Å². The monoisotopic (exact) mass is 286 g/mol. The highest BCUT2D eigenvalue weighted by molar-refractivity contribution is 7.15. The summed E-state index contributed by atoms with van der Waals surface area (Å²) in [6, 6.07) is 5.55. The maximum atomic E-state index is 6.15. The molecular formula is C12H12Cl2N2S. The first-order chi connectivity index (χ1) is 8.10. The van der Waals surface area contributed by atoms with Gasteiger partial charge >= 0.3 is 0 Å². The molecule has 0 unspecified atom stereocenters. The summed E-state index contributed by atoms with van der Waals surface area (Å²) in [5.74, 6) is 0. The summed E-state index contributed by atoms with van der Waals surface area (Å²) in [6.45, 7) is 2.07. The zero-order valence-corrected chi connectivity index (χ0v) is 11.7. The number of rotatable bonds is 3. The van der Waals surface area contributed by atoms with Gasteiger partial charge in [0.05, 0.1) is 5.69 Å². The Hall–Kier alpha value is -0.770. The predicted octanol–water partition coefficient (Wildman–Crippen LogP) is 4.19. The SMILES string of the molecule is CCc1nc(N)sc1Cc1ccc(Cl)cc1Cl. The van der Waals surface area contributed by atoms with Gasteiger partial charge in [0.15, 0.2) is 5.13 Å². The molecule has 0 radical (unpaired) electrons. The van der Waals surface area contributed by atoms with E-state index in [4.69, 9.17) is 28.9 Å². The van der Waals surface area contributed by atoms with Crippen LogP contribution in [0, 0.1) is 0 Å². The van der Waals surface area contributed by atoms with Gasteiger partial charge in [0.25, 0.3) is 0 Å². The van der Waals surface area contributed by atoms with Crippen molar-refractivity contribution in [2.45, 2.75) is 19.8 Å². The first kappa shape index (κ1) is 12.7. The highest BCUT2D eigenvalue weighted by Crippen LogP contribution is 2.28. The lowest BCUT2D eigenvalue weighted by Crippen LogP contribution is -1.92. The Labute approximate surface area is 114 Å². The number of thiazole rings is 1. The summed E-state index contributed by atoms with van der Waals surface area (Å²) >= 11 is 13.5. The van der Waals surface area contributed by atoms with E-state index in [1.54, 1.807) is 6.07 Å². The lowest BCUT2D eigenvalue weighted by molar-refractivity contribution is 1.02. The maximum Gasteiger partial charge on any atom is 0.180 e. The van der Waals surface area contributed by atoms with Gasteiger partial charge in [-0.2, -0.15) is 0 Å². The van der Waals surface area contributed by atoms with Crippen molar-refractivity contribution >= 4 is 39.7 Å². The summed E-state index contributed by atoms with van der Waals surface area (Å²) in [6.07, 6.45) is 1.64. The van der Waals surface area contributed by atoms with Gasteiger partial charge in [-0.15, -0.1) is 11.3 Å². The number of nitrogens with zero attached hydrogens (tertiary/aromatic N) is 1. The van der Waals surface area contributed by atoms with E-state index >= 15 is 0 Å². The van der Waals surface area contributed by atoms with Crippen LogP contribution in [0.3, 0.4) is 0 Å². The van der Waals surface area contributed by atoms with Crippen LogP contribution in [-0.2, 0) is 12.8 Å². The largest absolute Gasteiger partial charge is 0.375 e. The van der Waals surface area contributed by atoms with Gasteiger partial charge in [-0.1, -0.05) is 36.2 Å². The van der Waals surface area contributed by atoms with Gasteiger partial charge in [-0.25, -0.2) is 4.98 Å². The number of benzene rings is 1. The Morgan fingerprint density at radius 3 is 2.76 bits per heavy atom. The molecule has 2 N–H and O–H groups in total. The van der Waals surface area contributed by atoms with Crippen molar-refractivity contribution in [2.75, 3.05) is 5.73 Å². The molecule has 0 saturated heterocycles. The van der Waals surface area contributed by atoms with Crippen molar-refractivity contribution in [1.29, 1.82) is 0 Å². The molecule has 2 aromatic rings. The van der Waals surface area contributed by atoms with E-state index < -0.39 is 0 Å². The summed E-state index contributed by atoms with van der Waals surface area (Å²) < 4.78 is 0. The number of hydrogen-bond donors (Lipinski definition) is 1. The van der Waals surface area contributed by atoms with Gasteiger partial charge in [0.1, 0.15) is 0 Å². The Balaban J connectivity index is 2.30. The fourth-order valence-electron chi connectivity index (χ4n) is 1.66. The second kappa shape index (κ2) is 5.25. The molecule has 2 nitrogen and oxygen atoms in total. The third-order valence-electron chi connectivity index (χ3n) is 2.50. The third kappa shape index (κ3) is 2.92. The van der Waals surface area contributed by atoms with Crippen LogP contribution in [0.1, 0.15) is 23.1 Å². The maximum absolute atomic E-state index is 6.15. The highest BCUT2D eigenvalue weighted by Gasteiger charge is 2.10. The minimum atomic E-state index is 0.613. The van der Waals surface area contributed by atoms with Crippen molar-refractivity contribution in [3.63, 3.8) is 0 Å². The lowest BCUT2D eigenvalue weighted by Gasteiger charge is -2.04. The topological polar surface area (TPSA) is 38.9 Å². The molecule has 0 aliphatic rings. The van der Waals surface area contributed by atoms with E-state index in [0.717, 1.165) is 24.1 Å². The highest BCUT2D eigenvalue weighted by atomic mass is 35.5. The van der Waals surface area contributed by atoms with Crippen molar-refractivity contribution in [1.82, 2.24) is 4.98 Å². The summed E-state index contributed by atoms with van der Waals surface area (Å²) in [7, 11) is 0. The molecule has 0 amide bonds. The number of halogens is 2. The molecule has 0 fully saturated rings. The molecular weight excluding hydrogens is 275 g/mol. The van der Waals surface area contributed by atoms with E-state index in [2.05, 4.69) is 11.9 Å². The lowest BCUT2D eigenvalue weighted by atomic mass is 10.1. The first-order valence-electron chi connectivity index (χ1n) is 5.28. The molecule has 5 heteroatoms. The minimum absolute atomic E-state index is 0.613. The van der Waals surface area contributed by atoms with E-state index in [9.17, 15) is 0 Å². The second-order valence-corrected chi connectivity index (χ2v) is 5.65. The Kier molecular flexibility index (Phi) is 3.92. The normalized spacial score (nSPS) is 10.8. The van der Waals surface area contributed by atoms with Crippen LogP contribution < -0.4 is 5.73 Å².